The number of hydrogen-bond donors (Lipinski definition) is 3. The topological polar surface area (TPSA) is 87.4 Å². The van der Waals surface area contributed by atoms with E-state index in [1.807, 2.05) is 6.07 Å². The highest BCUT2D eigenvalue weighted by Crippen LogP contribution is 2.36. The molecule has 1 aromatic rings. The van der Waals surface area contributed by atoms with Crippen LogP contribution in [0.3, 0.4) is 0 Å². The summed E-state index contributed by atoms with van der Waals surface area (Å²) in [4.78, 5) is 10.6. The van der Waals surface area contributed by atoms with Gasteiger partial charge in [-0.3, -0.25) is 10.1 Å². The normalized spacial score (nSPS) is 17.2. The minimum Gasteiger partial charge on any atom is -0.396 e. The van der Waals surface area contributed by atoms with Gasteiger partial charge in [0.1, 0.15) is 0 Å². The molecule has 116 valence electrons. The van der Waals surface area contributed by atoms with Crippen LogP contribution in [0.25, 0.3) is 0 Å². The monoisotopic (exact) mass is 293 g/mol. The summed E-state index contributed by atoms with van der Waals surface area (Å²) in [5.74, 6) is 0. The van der Waals surface area contributed by atoms with Crippen molar-refractivity contribution >= 4 is 17.1 Å². The maximum atomic E-state index is 11.0. The summed E-state index contributed by atoms with van der Waals surface area (Å²) < 4.78 is 0. The SMILES string of the molecule is CNc1cc(NCC2(CO)CCCCC2)cc([N+](=O)[O-])c1. The number of nitro groups is 1. The summed E-state index contributed by atoms with van der Waals surface area (Å²) in [5, 5.41) is 26.9. The first-order valence-electron chi connectivity index (χ1n) is 7.40. The van der Waals surface area contributed by atoms with E-state index >= 15 is 0 Å². The van der Waals surface area contributed by atoms with E-state index in [9.17, 15) is 15.2 Å². The van der Waals surface area contributed by atoms with Crippen molar-refractivity contribution < 1.29 is 10.0 Å². The molecule has 1 aromatic carbocycles. The van der Waals surface area contributed by atoms with Crippen LogP contribution in [0, 0.1) is 15.5 Å². The Balaban J connectivity index is 2.11. The number of aliphatic hydroxyl groups is 1. The minimum absolute atomic E-state index is 0.0612. The largest absolute Gasteiger partial charge is 0.396 e. The Morgan fingerprint density at radius 1 is 1.24 bits per heavy atom. The Labute approximate surface area is 124 Å². The molecule has 6 nitrogen and oxygen atoms in total. The molecule has 0 aliphatic heterocycles. The number of hydrogen-bond acceptors (Lipinski definition) is 5. The number of non-ortho nitro benzene ring substituents is 1. The van der Waals surface area contributed by atoms with Crippen molar-refractivity contribution in [3.63, 3.8) is 0 Å². The first-order valence-corrected chi connectivity index (χ1v) is 7.40. The lowest BCUT2D eigenvalue weighted by Crippen LogP contribution is -2.35. The standard InChI is InChI=1S/C15H23N3O3/c1-16-12-7-13(9-14(8-12)18(20)21)17-10-15(11-19)5-3-2-4-6-15/h7-9,16-17,19H,2-6,10-11H2,1H3. The van der Waals surface area contributed by atoms with Crippen LogP contribution in [0.1, 0.15) is 32.1 Å². The zero-order valence-electron chi connectivity index (χ0n) is 12.4. The first kappa shape index (κ1) is 15.6. The fourth-order valence-electron chi connectivity index (χ4n) is 2.95. The molecular weight excluding hydrogens is 270 g/mol. The molecule has 0 heterocycles. The van der Waals surface area contributed by atoms with Gasteiger partial charge in [-0.15, -0.1) is 0 Å². The van der Waals surface area contributed by atoms with Gasteiger partial charge in [-0.25, -0.2) is 0 Å². The highest BCUT2D eigenvalue weighted by Gasteiger charge is 2.31. The second-order valence-corrected chi connectivity index (χ2v) is 5.85. The molecule has 0 bridgehead atoms. The van der Waals surface area contributed by atoms with Crippen LogP contribution in [0.15, 0.2) is 18.2 Å². The fraction of sp³-hybridized carbons (Fsp3) is 0.600. The summed E-state index contributed by atoms with van der Waals surface area (Å²) in [6.07, 6.45) is 5.51. The van der Waals surface area contributed by atoms with Crippen LogP contribution < -0.4 is 10.6 Å². The third-order valence-corrected chi connectivity index (χ3v) is 4.33. The molecule has 0 amide bonds. The molecule has 0 saturated heterocycles. The molecule has 1 fully saturated rings. The maximum absolute atomic E-state index is 11.0. The molecule has 1 saturated carbocycles. The van der Waals surface area contributed by atoms with Gasteiger partial charge in [0.05, 0.1) is 11.5 Å². The highest BCUT2D eigenvalue weighted by atomic mass is 16.6. The third kappa shape index (κ3) is 3.85. The molecule has 1 aliphatic rings. The van der Waals surface area contributed by atoms with E-state index in [4.69, 9.17) is 0 Å². The number of nitrogens with one attached hydrogen (secondary N) is 2. The van der Waals surface area contributed by atoms with Crippen molar-refractivity contribution in [1.29, 1.82) is 0 Å². The van der Waals surface area contributed by atoms with Crippen LogP contribution >= 0.6 is 0 Å². The van der Waals surface area contributed by atoms with Gasteiger partial charge in [0.15, 0.2) is 0 Å². The second kappa shape index (κ2) is 6.76. The molecule has 0 unspecified atom stereocenters. The number of aliphatic hydroxyl groups excluding tert-OH is 1. The molecule has 6 heteroatoms. The molecule has 2 rings (SSSR count). The van der Waals surface area contributed by atoms with E-state index in [0.29, 0.717) is 17.9 Å². The van der Waals surface area contributed by atoms with Crippen molar-refractivity contribution in [2.75, 3.05) is 30.8 Å². The third-order valence-electron chi connectivity index (χ3n) is 4.33. The first-order chi connectivity index (χ1) is 10.1. The van der Waals surface area contributed by atoms with Crippen LogP contribution in [-0.2, 0) is 0 Å². The fourth-order valence-corrected chi connectivity index (χ4v) is 2.95. The van der Waals surface area contributed by atoms with Crippen molar-refractivity contribution in [3.8, 4) is 0 Å². The predicted molar refractivity (Wildman–Crippen MR) is 83.7 cm³/mol. The Bertz CT molecular complexity index is 499. The number of nitrogens with zero attached hydrogens (tertiary/aromatic N) is 1. The van der Waals surface area contributed by atoms with Gasteiger partial charge in [-0.05, 0) is 18.9 Å². The summed E-state index contributed by atoms with van der Waals surface area (Å²) >= 11 is 0. The Morgan fingerprint density at radius 3 is 2.48 bits per heavy atom. The maximum Gasteiger partial charge on any atom is 0.273 e. The van der Waals surface area contributed by atoms with E-state index in [2.05, 4.69) is 10.6 Å². The quantitative estimate of drug-likeness (QED) is 0.554. The van der Waals surface area contributed by atoms with E-state index in [0.717, 1.165) is 25.7 Å². The summed E-state index contributed by atoms with van der Waals surface area (Å²) in [6, 6.07) is 4.89. The molecule has 0 aromatic heterocycles. The van der Waals surface area contributed by atoms with E-state index in [-0.39, 0.29) is 17.7 Å². The zero-order chi connectivity index (χ0) is 15.3. The molecule has 21 heavy (non-hydrogen) atoms. The summed E-state index contributed by atoms with van der Waals surface area (Å²) in [5.41, 5.74) is 1.38. The predicted octanol–water partition coefficient (Wildman–Crippen LogP) is 2.99. The van der Waals surface area contributed by atoms with Gasteiger partial charge in [0.25, 0.3) is 5.69 Å². The van der Waals surface area contributed by atoms with Crippen LogP contribution in [0.5, 0.6) is 0 Å². The van der Waals surface area contributed by atoms with Crippen LogP contribution in [0.4, 0.5) is 17.1 Å². The molecule has 0 radical (unpaired) electrons. The van der Waals surface area contributed by atoms with E-state index < -0.39 is 4.92 Å². The van der Waals surface area contributed by atoms with E-state index in [1.165, 1.54) is 18.6 Å². The molecule has 3 N–H and O–H groups in total. The van der Waals surface area contributed by atoms with Gasteiger partial charge >= 0.3 is 0 Å². The number of nitro benzene ring substituents is 1. The van der Waals surface area contributed by atoms with Crippen molar-refractivity contribution in [3.05, 3.63) is 28.3 Å². The van der Waals surface area contributed by atoms with Crippen molar-refractivity contribution in [2.24, 2.45) is 5.41 Å². The zero-order valence-corrected chi connectivity index (χ0v) is 12.4. The lowest BCUT2D eigenvalue weighted by Gasteiger charge is -2.36. The summed E-state index contributed by atoms with van der Waals surface area (Å²) in [6.45, 7) is 0.807. The van der Waals surface area contributed by atoms with Crippen molar-refractivity contribution in [2.45, 2.75) is 32.1 Å². The lowest BCUT2D eigenvalue weighted by molar-refractivity contribution is -0.384. The Kier molecular flexibility index (Phi) is 5.01. The summed E-state index contributed by atoms with van der Waals surface area (Å²) in [7, 11) is 1.74. The van der Waals surface area contributed by atoms with Gasteiger partial charge in [-0.1, -0.05) is 19.3 Å². The van der Waals surface area contributed by atoms with E-state index in [1.54, 1.807) is 7.05 Å². The average molecular weight is 293 g/mol. The number of benzene rings is 1. The second-order valence-electron chi connectivity index (χ2n) is 5.85. The Hall–Kier alpha value is -1.82. The van der Waals surface area contributed by atoms with Crippen molar-refractivity contribution in [1.82, 2.24) is 0 Å². The lowest BCUT2D eigenvalue weighted by atomic mass is 9.74. The number of anilines is 2. The molecule has 0 atom stereocenters. The van der Waals surface area contributed by atoms with Gasteiger partial charge < -0.3 is 15.7 Å². The minimum atomic E-state index is -0.394. The van der Waals surface area contributed by atoms with Gasteiger partial charge in [0, 0.05) is 42.5 Å². The highest BCUT2D eigenvalue weighted by molar-refractivity contribution is 5.63. The van der Waals surface area contributed by atoms with Crippen LogP contribution in [0.2, 0.25) is 0 Å². The smallest absolute Gasteiger partial charge is 0.273 e. The van der Waals surface area contributed by atoms with Gasteiger partial charge in [-0.2, -0.15) is 0 Å². The average Bonchev–Trinajstić information content (AvgIpc) is 2.53. The molecule has 0 spiro atoms. The number of rotatable bonds is 6. The van der Waals surface area contributed by atoms with Gasteiger partial charge in [0.2, 0.25) is 0 Å². The van der Waals surface area contributed by atoms with Crippen LogP contribution in [-0.4, -0.2) is 30.2 Å². The molecule has 1 aliphatic carbocycles. The Morgan fingerprint density at radius 2 is 1.90 bits per heavy atom. The molecular formula is C15H23N3O3.